The number of H-pyrrole nitrogens is 1. The molecule has 0 aliphatic carbocycles. The Kier molecular flexibility index (Phi) is 3.96. The molecule has 0 atom stereocenters. The maximum absolute atomic E-state index is 12.3. The fraction of sp³-hybridized carbons (Fsp3) is 0.333. The summed E-state index contributed by atoms with van der Waals surface area (Å²) < 4.78 is 25.9. The Balaban J connectivity index is 2.08. The summed E-state index contributed by atoms with van der Waals surface area (Å²) in [7, 11) is -1.92. The molecule has 0 bridgehead atoms. The minimum absolute atomic E-state index is 0.219. The van der Waals surface area contributed by atoms with Crippen LogP contribution >= 0.6 is 0 Å². The van der Waals surface area contributed by atoms with E-state index in [0.29, 0.717) is 18.7 Å². The lowest BCUT2D eigenvalue weighted by atomic mass is 10.3. The van der Waals surface area contributed by atoms with Crippen molar-refractivity contribution in [1.82, 2.24) is 19.5 Å². The Labute approximate surface area is 112 Å². The first-order valence-electron chi connectivity index (χ1n) is 5.88. The van der Waals surface area contributed by atoms with Crippen LogP contribution < -0.4 is 0 Å². The monoisotopic (exact) mass is 280 g/mol. The van der Waals surface area contributed by atoms with Crippen LogP contribution in [0.15, 0.2) is 35.5 Å². The lowest BCUT2D eigenvalue weighted by Crippen LogP contribution is -2.29. The van der Waals surface area contributed by atoms with Crippen LogP contribution in [-0.4, -0.2) is 41.5 Å². The molecule has 19 heavy (non-hydrogen) atoms. The molecule has 0 aliphatic rings. The summed E-state index contributed by atoms with van der Waals surface area (Å²) in [6.07, 6.45) is 3.61. The number of aromatic nitrogens is 3. The smallest absolute Gasteiger partial charge is 0.246 e. The van der Waals surface area contributed by atoms with E-state index in [1.165, 1.54) is 10.5 Å². The van der Waals surface area contributed by atoms with Crippen molar-refractivity contribution >= 4 is 10.0 Å². The van der Waals surface area contributed by atoms with Crippen molar-refractivity contribution in [3.8, 4) is 0 Å². The molecular formula is C12H16N4O2S. The lowest BCUT2D eigenvalue weighted by Gasteiger charge is -2.16. The van der Waals surface area contributed by atoms with Crippen LogP contribution in [0.25, 0.3) is 0 Å². The standard InChI is InChI=1S/C12H16N4O2S/c1-10-12(9-14-15-10)19(17,18)16(2)8-6-11-5-3-4-7-13-11/h3-5,7,9H,6,8H2,1-2H3,(H,14,15). The van der Waals surface area contributed by atoms with Gasteiger partial charge in [0.25, 0.3) is 0 Å². The summed E-state index contributed by atoms with van der Waals surface area (Å²) in [5.74, 6) is 0. The number of nitrogens with one attached hydrogen (secondary N) is 1. The third kappa shape index (κ3) is 2.99. The molecule has 102 valence electrons. The van der Waals surface area contributed by atoms with Crippen LogP contribution in [0, 0.1) is 6.92 Å². The zero-order chi connectivity index (χ0) is 13.9. The van der Waals surface area contributed by atoms with E-state index in [2.05, 4.69) is 15.2 Å². The van der Waals surface area contributed by atoms with Crippen LogP contribution in [0.1, 0.15) is 11.4 Å². The van der Waals surface area contributed by atoms with Crippen molar-refractivity contribution in [2.75, 3.05) is 13.6 Å². The van der Waals surface area contributed by atoms with Gasteiger partial charge in [-0.1, -0.05) is 6.07 Å². The van der Waals surface area contributed by atoms with Gasteiger partial charge >= 0.3 is 0 Å². The second-order valence-electron chi connectivity index (χ2n) is 4.26. The predicted molar refractivity (Wildman–Crippen MR) is 71.1 cm³/mol. The number of hydrogen-bond acceptors (Lipinski definition) is 4. The molecule has 0 aromatic carbocycles. The first kappa shape index (κ1) is 13.7. The van der Waals surface area contributed by atoms with Gasteiger partial charge in [0.1, 0.15) is 4.90 Å². The summed E-state index contributed by atoms with van der Waals surface area (Å²) >= 11 is 0. The molecule has 0 amide bonds. The second kappa shape index (κ2) is 5.50. The highest BCUT2D eigenvalue weighted by Crippen LogP contribution is 2.16. The third-order valence-electron chi connectivity index (χ3n) is 2.88. The largest absolute Gasteiger partial charge is 0.281 e. The molecule has 0 saturated heterocycles. The van der Waals surface area contributed by atoms with Gasteiger partial charge in [-0.2, -0.15) is 5.10 Å². The molecule has 2 aromatic heterocycles. The maximum Gasteiger partial charge on any atom is 0.246 e. The Morgan fingerprint density at radius 2 is 2.16 bits per heavy atom. The number of pyridine rings is 1. The molecule has 0 radical (unpaired) electrons. The van der Waals surface area contributed by atoms with E-state index in [1.54, 1.807) is 20.2 Å². The van der Waals surface area contributed by atoms with E-state index < -0.39 is 10.0 Å². The summed E-state index contributed by atoms with van der Waals surface area (Å²) in [5, 5.41) is 6.38. The van der Waals surface area contributed by atoms with E-state index in [-0.39, 0.29) is 4.90 Å². The normalized spacial score (nSPS) is 11.9. The highest BCUT2D eigenvalue weighted by atomic mass is 32.2. The molecule has 2 heterocycles. The molecule has 0 saturated carbocycles. The number of aromatic amines is 1. The first-order valence-corrected chi connectivity index (χ1v) is 7.32. The van der Waals surface area contributed by atoms with E-state index in [9.17, 15) is 8.42 Å². The number of rotatable bonds is 5. The SMILES string of the molecule is Cc1[nH]ncc1S(=O)(=O)N(C)CCc1ccccn1. The molecule has 0 spiro atoms. The molecule has 0 unspecified atom stereocenters. The number of likely N-dealkylation sites (N-methyl/N-ethyl adjacent to an activating group) is 1. The minimum atomic E-state index is -3.48. The zero-order valence-corrected chi connectivity index (χ0v) is 11.7. The average molecular weight is 280 g/mol. The highest BCUT2D eigenvalue weighted by Gasteiger charge is 2.23. The molecule has 2 aromatic rings. The average Bonchev–Trinajstić information content (AvgIpc) is 2.84. The topological polar surface area (TPSA) is 79.0 Å². The summed E-state index contributed by atoms with van der Waals surface area (Å²) in [5.41, 5.74) is 1.41. The van der Waals surface area contributed by atoms with Gasteiger partial charge in [0.05, 0.1) is 11.9 Å². The fourth-order valence-corrected chi connectivity index (χ4v) is 2.99. The summed E-state index contributed by atoms with van der Waals surface area (Å²) in [6, 6.07) is 5.60. The molecule has 0 aliphatic heterocycles. The molecular weight excluding hydrogens is 264 g/mol. The van der Waals surface area contributed by atoms with E-state index >= 15 is 0 Å². The number of sulfonamides is 1. The van der Waals surface area contributed by atoms with Crippen LogP contribution in [0.4, 0.5) is 0 Å². The molecule has 7 heteroatoms. The highest BCUT2D eigenvalue weighted by molar-refractivity contribution is 7.89. The van der Waals surface area contributed by atoms with E-state index in [4.69, 9.17) is 0 Å². The molecule has 0 fully saturated rings. The van der Waals surface area contributed by atoms with Crippen molar-refractivity contribution in [3.05, 3.63) is 42.0 Å². The van der Waals surface area contributed by atoms with Gasteiger partial charge in [0, 0.05) is 31.9 Å². The van der Waals surface area contributed by atoms with Crippen LogP contribution in [0.5, 0.6) is 0 Å². The summed E-state index contributed by atoms with van der Waals surface area (Å²) in [4.78, 5) is 4.39. The quantitative estimate of drug-likeness (QED) is 0.885. The van der Waals surface area contributed by atoms with Crippen LogP contribution in [0.3, 0.4) is 0 Å². The number of aryl methyl sites for hydroxylation is 1. The van der Waals surface area contributed by atoms with Crippen molar-refractivity contribution in [1.29, 1.82) is 0 Å². The van der Waals surface area contributed by atoms with Crippen LogP contribution in [0.2, 0.25) is 0 Å². The van der Waals surface area contributed by atoms with Crippen molar-refractivity contribution in [2.24, 2.45) is 0 Å². The Morgan fingerprint density at radius 1 is 1.37 bits per heavy atom. The lowest BCUT2D eigenvalue weighted by molar-refractivity contribution is 0.470. The Bertz CT molecular complexity index is 637. The van der Waals surface area contributed by atoms with Crippen molar-refractivity contribution < 1.29 is 8.42 Å². The van der Waals surface area contributed by atoms with Gasteiger partial charge in [-0.15, -0.1) is 0 Å². The molecule has 2 rings (SSSR count). The Hall–Kier alpha value is -1.73. The second-order valence-corrected chi connectivity index (χ2v) is 6.27. The van der Waals surface area contributed by atoms with Gasteiger partial charge in [-0.3, -0.25) is 10.1 Å². The fourth-order valence-electron chi connectivity index (χ4n) is 1.71. The third-order valence-corrected chi connectivity index (χ3v) is 4.85. The molecule has 6 nitrogen and oxygen atoms in total. The van der Waals surface area contributed by atoms with Gasteiger partial charge in [-0.05, 0) is 19.1 Å². The molecule has 1 N–H and O–H groups in total. The van der Waals surface area contributed by atoms with Crippen LogP contribution in [-0.2, 0) is 16.4 Å². The number of hydrogen-bond donors (Lipinski definition) is 1. The van der Waals surface area contributed by atoms with E-state index in [0.717, 1.165) is 5.69 Å². The summed E-state index contributed by atoms with van der Waals surface area (Å²) in [6.45, 7) is 2.07. The van der Waals surface area contributed by atoms with Crippen molar-refractivity contribution in [2.45, 2.75) is 18.2 Å². The number of nitrogens with zero attached hydrogens (tertiary/aromatic N) is 3. The predicted octanol–water partition coefficient (Wildman–Crippen LogP) is 0.976. The Morgan fingerprint density at radius 3 is 2.74 bits per heavy atom. The first-order chi connectivity index (χ1) is 9.01. The zero-order valence-electron chi connectivity index (χ0n) is 10.9. The van der Waals surface area contributed by atoms with Gasteiger partial charge in [-0.25, -0.2) is 12.7 Å². The minimum Gasteiger partial charge on any atom is -0.281 e. The van der Waals surface area contributed by atoms with Gasteiger partial charge in [0.2, 0.25) is 10.0 Å². The van der Waals surface area contributed by atoms with Crippen molar-refractivity contribution in [3.63, 3.8) is 0 Å². The van der Waals surface area contributed by atoms with Gasteiger partial charge in [0.15, 0.2) is 0 Å². The maximum atomic E-state index is 12.3. The van der Waals surface area contributed by atoms with Gasteiger partial charge < -0.3 is 0 Å². The van der Waals surface area contributed by atoms with E-state index in [1.807, 2.05) is 18.2 Å².